The molecule has 3 heteroatoms. The van der Waals surface area contributed by atoms with Crippen molar-refractivity contribution in [2.45, 2.75) is 25.3 Å². The Hall–Kier alpha value is -0.880. The molecule has 11 heavy (non-hydrogen) atoms. The Morgan fingerprint density at radius 3 is 3.00 bits per heavy atom. The van der Waals surface area contributed by atoms with Crippen LogP contribution in [0.3, 0.4) is 0 Å². The van der Waals surface area contributed by atoms with Gasteiger partial charge < -0.3 is 0 Å². The average molecular weight is 152 g/mol. The van der Waals surface area contributed by atoms with Crippen molar-refractivity contribution in [1.82, 2.24) is 4.90 Å². The summed E-state index contributed by atoms with van der Waals surface area (Å²) in [6.45, 7) is 0.988. The summed E-state index contributed by atoms with van der Waals surface area (Å²) in [6, 6.07) is 1.91. The van der Waals surface area contributed by atoms with Gasteiger partial charge in [0.2, 0.25) is 0 Å². The number of hydrogen-bond acceptors (Lipinski definition) is 3. The van der Waals surface area contributed by atoms with Crippen LogP contribution in [0.15, 0.2) is 0 Å². The van der Waals surface area contributed by atoms with Gasteiger partial charge in [-0.3, -0.25) is 9.69 Å². The fourth-order valence-electron chi connectivity index (χ4n) is 1.51. The molecule has 0 saturated carbocycles. The molecule has 3 nitrogen and oxygen atoms in total. The van der Waals surface area contributed by atoms with Gasteiger partial charge in [-0.15, -0.1) is 0 Å². The van der Waals surface area contributed by atoms with Crippen LogP contribution < -0.4 is 0 Å². The van der Waals surface area contributed by atoms with Gasteiger partial charge >= 0.3 is 0 Å². The lowest BCUT2D eigenvalue weighted by Gasteiger charge is -2.15. The molecular weight excluding hydrogens is 140 g/mol. The molecule has 1 heterocycles. The molecule has 1 fully saturated rings. The molecule has 60 valence electrons. The second-order valence-electron chi connectivity index (χ2n) is 2.94. The number of nitrogens with zero attached hydrogens (tertiary/aromatic N) is 2. The van der Waals surface area contributed by atoms with E-state index in [-0.39, 0.29) is 18.2 Å². The molecule has 1 rings (SSSR count). The van der Waals surface area contributed by atoms with Crippen molar-refractivity contribution in [3.63, 3.8) is 0 Å². The molecule has 0 aromatic heterocycles. The minimum Gasteiger partial charge on any atom is -0.297 e. The average Bonchev–Trinajstić information content (AvgIpc) is 2.36. The van der Waals surface area contributed by atoms with E-state index in [4.69, 9.17) is 5.26 Å². The summed E-state index contributed by atoms with van der Waals surface area (Å²) >= 11 is 0. The van der Waals surface area contributed by atoms with Crippen molar-refractivity contribution in [2.24, 2.45) is 0 Å². The van der Waals surface area contributed by atoms with E-state index in [0.29, 0.717) is 0 Å². The lowest BCUT2D eigenvalue weighted by atomic mass is 10.1. The van der Waals surface area contributed by atoms with Gasteiger partial charge in [0.15, 0.2) is 5.78 Å². The Balaban J connectivity index is 2.47. The number of hydrogen-bond donors (Lipinski definition) is 0. The van der Waals surface area contributed by atoms with Crippen LogP contribution in [0.5, 0.6) is 0 Å². The molecule has 0 aromatic rings. The zero-order valence-electron chi connectivity index (χ0n) is 6.71. The van der Waals surface area contributed by atoms with Gasteiger partial charge in [-0.1, -0.05) is 0 Å². The molecule has 0 bridgehead atoms. The number of likely N-dealkylation sites (tertiary alicyclic amines) is 1. The second-order valence-corrected chi connectivity index (χ2v) is 2.94. The molecule has 0 N–H and O–H groups in total. The van der Waals surface area contributed by atoms with Crippen molar-refractivity contribution in [3.05, 3.63) is 0 Å². The topological polar surface area (TPSA) is 44.1 Å². The molecule has 0 unspecified atom stereocenters. The molecule has 0 amide bonds. The zero-order chi connectivity index (χ0) is 8.27. The van der Waals surface area contributed by atoms with Crippen LogP contribution in [0.1, 0.15) is 19.3 Å². The molecule has 0 radical (unpaired) electrons. The Morgan fingerprint density at radius 1 is 1.82 bits per heavy atom. The van der Waals surface area contributed by atoms with Crippen LogP contribution in [0, 0.1) is 11.3 Å². The molecule has 1 saturated heterocycles. The standard InChI is InChI=1S/C8H12N2O/c1-10-6-2-3-7(10)8(11)4-5-9/h7H,2-4,6H2,1H3/t7-/m0/s1. The van der Waals surface area contributed by atoms with Gasteiger partial charge in [-0.2, -0.15) is 5.26 Å². The van der Waals surface area contributed by atoms with Crippen LogP contribution >= 0.6 is 0 Å². The molecule has 0 aliphatic carbocycles. The molecule has 0 spiro atoms. The predicted molar refractivity (Wildman–Crippen MR) is 40.9 cm³/mol. The summed E-state index contributed by atoms with van der Waals surface area (Å²) in [4.78, 5) is 13.2. The fraction of sp³-hybridized carbons (Fsp3) is 0.750. The Labute approximate surface area is 66.6 Å². The second kappa shape index (κ2) is 3.49. The minimum atomic E-state index is 0.0228. The van der Waals surface area contributed by atoms with Gasteiger partial charge in [0, 0.05) is 0 Å². The first-order chi connectivity index (χ1) is 5.25. The maximum Gasteiger partial charge on any atom is 0.163 e. The third-order valence-corrected chi connectivity index (χ3v) is 2.15. The zero-order valence-corrected chi connectivity index (χ0v) is 6.71. The summed E-state index contributed by atoms with van der Waals surface area (Å²) in [5.74, 6) is 0.0764. The first kappa shape index (κ1) is 8.22. The first-order valence-corrected chi connectivity index (χ1v) is 3.85. The first-order valence-electron chi connectivity index (χ1n) is 3.85. The Morgan fingerprint density at radius 2 is 2.55 bits per heavy atom. The van der Waals surface area contributed by atoms with Gasteiger partial charge in [-0.25, -0.2) is 0 Å². The highest BCUT2D eigenvalue weighted by atomic mass is 16.1. The van der Waals surface area contributed by atoms with Crippen molar-refractivity contribution in [2.75, 3.05) is 13.6 Å². The third kappa shape index (κ3) is 1.78. The van der Waals surface area contributed by atoms with Gasteiger partial charge in [0.25, 0.3) is 0 Å². The number of Topliss-reactive ketones (excluding diaryl/α,β-unsaturated/α-hetero) is 1. The number of likely N-dealkylation sites (N-methyl/N-ethyl adjacent to an activating group) is 1. The van der Waals surface area contributed by atoms with E-state index in [9.17, 15) is 4.79 Å². The van der Waals surface area contributed by atoms with E-state index in [1.54, 1.807) is 0 Å². The normalized spacial score (nSPS) is 24.9. The summed E-state index contributed by atoms with van der Waals surface area (Å²) in [6.07, 6.45) is 2.07. The molecular formula is C8H12N2O. The molecule has 0 aromatic carbocycles. The highest BCUT2D eigenvalue weighted by Crippen LogP contribution is 2.16. The highest BCUT2D eigenvalue weighted by Gasteiger charge is 2.26. The Bertz CT molecular complexity index is 195. The van der Waals surface area contributed by atoms with Crippen LogP contribution in [-0.4, -0.2) is 30.3 Å². The maximum atomic E-state index is 11.2. The monoisotopic (exact) mass is 152 g/mol. The number of carbonyl (C=O) groups is 1. The number of ketones is 1. The SMILES string of the molecule is CN1CCC[C@H]1C(=O)CC#N. The summed E-state index contributed by atoms with van der Waals surface area (Å²) in [7, 11) is 1.94. The van der Waals surface area contributed by atoms with Crippen LogP contribution in [0.4, 0.5) is 0 Å². The molecule has 1 aliphatic rings. The van der Waals surface area contributed by atoms with E-state index in [0.717, 1.165) is 19.4 Å². The Kier molecular flexibility index (Phi) is 2.61. The minimum absolute atomic E-state index is 0.0228. The van der Waals surface area contributed by atoms with E-state index in [1.165, 1.54) is 0 Å². The number of rotatable bonds is 2. The van der Waals surface area contributed by atoms with Gasteiger partial charge in [0.05, 0.1) is 18.5 Å². The summed E-state index contributed by atoms with van der Waals surface area (Å²) < 4.78 is 0. The quantitative estimate of drug-likeness (QED) is 0.580. The van der Waals surface area contributed by atoms with Crippen molar-refractivity contribution in [3.8, 4) is 6.07 Å². The van der Waals surface area contributed by atoms with E-state index in [1.807, 2.05) is 18.0 Å². The van der Waals surface area contributed by atoms with Crippen molar-refractivity contribution < 1.29 is 4.79 Å². The van der Waals surface area contributed by atoms with Crippen molar-refractivity contribution in [1.29, 1.82) is 5.26 Å². The van der Waals surface area contributed by atoms with Crippen LogP contribution in [-0.2, 0) is 4.79 Å². The highest BCUT2D eigenvalue weighted by molar-refractivity contribution is 5.85. The third-order valence-electron chi connectivity index (χ3n) is 2.15. The predicted octanol–water partition coefficient (Wildman–Crippen LogP) is 0.563. The van der Waals surface area contributed by atoms with Crippen LogP contribution in [0.25, 0.3) is 0 Å². The summed E-state index contributed by atoms with van der Waals surface area (Å²) in [5, 5.41) is 8.29. The smallest absolute Gasteiger partial charge is 0.163 e. The maximum absolute atomic E-state index is 11.2. The largest absolute Gasteiger partial charge is 0.297 e. The fourth-order valence-corrected chi connectivity index (χ4v) is 1.51. The van der Waals surface area contributed by atoms with Gasteiger partial charge in [0.1, 0.15) is 0 Å². The number of nitriles is 1. The van der Waals surface area contributed by atoms with E-state index in [2.05, 4.69) is 0 Å². The van der Waals surface area contributed by atoms with E-state index < -0.39 is 0 Å². The van der Waals surface area contributed by atoms with Gasteiger partial charge in [-0.05, 0) is 26.4 Å². The molecule has 1 atom stereocenters. The number of carbonyl (C=O) groups excluding carboxylic acids is 1. The summed E-state index contributed by atoms with van der Waals surface area (Å²) in [5.41, 5.74) is 0. The van der Waals surface area contributed by atoms with Crippen LogP contribution in [0.2, 0.25) is 0 Å². The lowest BCUT2D eigenvalue weighted by Crippen LogP contribution is -2.32. The lowest BCUT2D eigenvalue weighted by molar-refractivity contribution is -0.121. The van der Waals surface area contributed by atoms with Crippen molar-refractivity contribution >= 4 is 5.78 Å². The van der Waals surface area contributed by atoms with E-state index >= 15 is 0 Å². The molecule has 1 aliphatic heterocycles.